The zero-order chi connectivity index (χ0) is 13.1. The molecule has 1 rings (SSSR count). The van der Waals surface area contributed by atoms with Gasteiger partial charge in [0.15, 0.2) is 0 Å². The number of amides is 1. The summed E-state index contributed by atoms with van der Waals surface area (Å²) in [6, 6.07) is 0. The predicted octanol–water partition coefficient (Wildman–Crippen LogP) is 2.40. The first-order valence-electron chi connectivity index (χ1n) is 6.74. The molecule has 0 aromatic heterocycles. The molecule has 1 aliphatic heterocycles. The second kappa shape index (κ2) is 5.38. The van der Waals surface area contributed by atoms with Crippen LogP contribution in [0.2, 0.25) is 0 Å². The third kappa shape index (κ3) is 4.66. The van der Waals surface area contributed by atoms with E-state index in [0.717, 1.165) is 32.4 Å². The summed E-state index contributed by atoms with van der Waals surface area (Å²) in [7, 11) is 0. The maximum atomic E-state index is 12.1. The molecule has 0 aromatic carbocycles. The van der Waals surface area contributed by atoms with Gasteiger partial charge in [-0.25, -0.2) is 0 Å². The van der Waals surface area contributed by atoms with Crippen LogP contribution >= 0.6 is 0 Å². The number of rotatable bonds is 5. The topological polar surface area (TPSA) is 46.3 Å². The van der Waals surface area contributed by atoms with Crippen molar-refractivity contribution in [1.29, 1.82) is 0 Å². The lowest BCUT2D eigenvalue weighted by molar-refractivity contribution is -0.131. The van der Waals surface area contributed by atoms with E-state index in [1.54, 1.807) is 0 Å². The van der Waals surface area contributed by atoms with E-state index in [1.165, 1.54) is 0 Å². The summed E-state index contributed by atoms with van der Waals surface area (Å²) in [5.41, 5.74) is 6.09. The molecule has 0 aromatic rings. The van der Waals surface area contributed by atoms with E-state index >= 15 is 0 Å². The molecule has 0 spiro atoms. The number of nitrogens with two attached hydrogens (primary N) is 1. The first-order chi connectivity index (χ1) is 7.76. The fourth-order valence-corrected chi connectivity index (χ4v) is 2.44. The Morgan fingerprint density at radius 2 is 2.00 bits per heavy atom. The number of nitrogens with zero attached hydrogens (tertiary/aromatic N) is 1. The lowest BCUT2D eigenvalue weighted by atomic mass is 9.84. The Hall–Kier alpha value is -0.570. The normalized spacial score (nSPS) is 19.7. The molecule has 2 N–H and O–H groups in total. The van der Waals surface area contributed by atoms with Gasteiger partial charge in [-0.05, 0) is 36.6 Å². The maximum absolute atomic E-state index is 12.1. The van der Waals surface area contributed by atoms with Crippen LogP contribution in [0, 0.1) is 10.8 Å². The smallest absolute Gasteiger partial charge is 0.222 e. The van der Waals surface area contributed by atoms with E-state index in [0.29, 0.717) is 24.3 Å². The van der Waals surface area contributed by atoms with Crippen molar-refractivity contribution in [1.82, 2.24) is 4.90 Å². The van der Waals surface area contributed by atoms with Gasteiger partial charge in [-0.3, -0.25) is 4.79 Å². The van der Waals surface area contributed by atoms with Gasteiger partial charge in [0.1, 0.15) is 0 Å². The Labute approximate surface area is 106 Å². The van der Waals surface area contributed by atoms with Crippen molar-refractivity contribution in [2.24, 2.45) is 16.6 Å². The summed E-state index contributed by atoms with van der Waals surface area (Å²) in [5, 5.41) is 0. The number of hydrogen-bond acceptors (Lipinski definition) is 2. The van der Waals surface area contributed by atoms with Gasteiger partial charge in [-0.1, -0.05) is 27.7 Å². The largest absolute Gasteiger partial charge is 0.342 e. The maximum Gasteiger partial charge on any atom is 0.222 e. The van der Waals surface area contributed by atoms with Crippen LogP contribution in [0.25, 0.3) is 0 Å². The molecule has 0 saturated carbocycles. The molecule has 3 heteroatoms. The first kappa shape index (κ1) is 14.5. The number of likely N-dealkylation sites (tertiary alicyclic amines) is 1. The molecular weight excluding hydrogens is 212 g/mol. The highest BCUT2D eigenvalue weighted by molar-refractivity contribution is 5.76. The second-order valence-corrected chi connectivity index (χ2v) is 6.93. The van der Waals surface area contributed by atoms with Crippen molar-refractivity contribution in [3.63, 3.8) is 0 Å². The summed E-state index contributed by atoms with van der Waals surface area (Å²) in [6.45, 7) is 11.4. The lowest BCUT2D eigenvalue weighted by Crippen LogP contribution is -2.31. The molecule has 0 bridgehead atoms. The molecule has 1 saturated heterocycles. The zero-order valence-electron chi connectivity index (χ0n) is 11.9. The van der Waals surface area contributed by atoms with Gasteiger partial charge in [-0.2, -0.15) is 0 Å². The van der Waals surface area contributed by atoms with Crippen molar-refractivity contribution < 1.29 is 4.79 Å². The van der Waals surface area contributed by atoms with Crippen molar-refractivity contribution in [3.05, 3.63) is 0 Å². The zero-order valence-corrected chi connectivity index (χ0v) is 11.9. The van der Waals surface area contributed by atoms with Crippen LogP contribution in [0.5, 0.6) is 0 Å². The Bertz CT molecular complexity index is 271. The minimum Gasteiger partial charge on any atom is -0.342 e. The van der Waals surface area contributed by atoms with Crippen LogP contribution in [0.15, 0.2) is 0 Å². The van der Waals surface area contributed by atoms with Crippen molar-refractivity contribution >= 4 is 5.91 Å². The summed E-state index contributed by atoms with van der Waals surface area (Å²) in [5.74, 6) is 0.320. The molecule has 1 fully saturated rings. The highest BCUT2D eigenvalue weighted by Gasteiger charge is 2.32. The molecule has 17 heavy (non-hydrogen) atoms. The van der Waals surface area contributed by atoms with E-state index in [2.05, 4.69) is 27.7 Å². The Morgan fingerprint density at radius 3 is 2.47 bits per heavy atom. The van der Waals surface area contributed by atoms with Crippen molar-refractivity contribution in [3.8, 4) is 0 Å². The van der Waals surface area contributed by atoms with Crippen molar-refractivity contribution in [2.75, 3.05) is 19.6 Å². The SMILES string of the molecule is CC(C)(CCN)CCC(=O)N1CCC(C)(C)C1. The number of hydrogen-bond donors (Lipinski definition) is 1. The van der Waals surface area contributed by atoms with Crippen LogP contribution in [0.1, 0.15) is 53.4 Å². The fourth-order valence-electron chi connectivity index (χ4n) is 2.44. The van der Waals surface area contributed by atoms with Crippen LogP contribution < -0.4 is 5.73 Å². The number of carbonyl (C=O) groups excluding carboxylic acids is 1. The molecule has 0 atom stereocenters. The highest BCUT2D eigenvalue weighted by atomic mass is 16.2. The van der Waals surface area contributed by atoms with E-state index in [9.17, 15) is 4.79 Å². The summed E-state index contributed by atoms with van der Waals surface area (Å²) >= 11 is 0. The molecule has 0 unspecified atom stereocenters. The van der Waals surface area contributed by atoms with Gasteiger partial charge >= 0.3 is 0 Å². The summed E-state index contributed by atoms with van der Waals surface area (Å²) < 4.78 is 0. The fraction of sp³-hybridized carbons (Fsp3) is 0.929. The van der Waals surface area contributed by atoms with E-state index in [-0.39, 0.29) is 5.41 Å². The molecule has 1 heterocycles. The highest BCUT2D eigenvalue weighted by Crippen LogP contribution is 2.31. The third-order valence-electron chi connectivity index (χ3n) is 3.87. The predicted molar refractivity (Wildman–Crippen MR) is 71.7 cm³/mol. The monoisotopic (exact) mass is 240 g/mol. The van der Waals surface area contributed by atoms with Gasteiger partial charge in [-0.15, -0.1) is 0 Å². The Balaban J connectivity index is 2.36. The molecule has 0 aliphatic carbocycles. The van der Waals surface area contributed by atoms with Crippen LogP contribution in [-0.4, -0.2) is 30.4 Å². The molecule has 100 valence electrons. The van der Waals surface area contributed by atoms with Crippen molar-refractivity contribution in [2.45, 2.75) is 53.4 Å². The second-order valence-electron chi connectivity index (χ2n) is 6.93. The average Bonchev–Trinajstić information content (AvgIpc) is 2.55. The van der Waals surface area contributed by atoms with Gasteiger partial charge < -0.3 is 10.6 Å². The van der Waals surface area contributed by atoms with E-state index in [1.807, 2.05) is 4.90 Å². The molecule has 1 amide bonds. The van der Waals surface area contributed by atoms with Crippen LogP contribution in [-0.2, 0) is 4.79 Å². The van der Waals surface area contributed by atoms with Crippen LogP contribution in [0.4, 0.5) is 0 Å². The van der Waals surface area contributed by atoms with Gasteiger partial charge in [0.25, 0.3) is 0 Å². The Kier molecular flexibility index (Phi) is 4.59. The molecule has 1 aliphatic rings. The average molecular weight is 240 g/mol. The minimum atomic E-state index is 0.194. The minimum absolute atomic E-state index is 0.194. The summed E-state index contributed by atoms with van der Waals surface area (Å²) in [4.78, 5) is 14.1. The molecule has 0 radical (unpaired) electrons. The van der Waals surface area contributed by atoms with Gasteiger partial charge in [0, 0.05) is 19.5 Å². The molecule has 3 nitrogen and oxygen atoms in total. The van der Waals surface area contributed by atoms with E-state index in [4.69, 9.17) is 5.73 Å². The standard InChI is InChI=1S/C14H28N2O/c1-13(2,7-9-15)6-5-12(17)16-10-8-14(3,4)11-16/h5-11,15H2,1-4H3. The van der Waals surface area contributed by atoms with Crippen LogP contribution in [0.3, 0.4) is 0 Å². The third-order valence-corrected chi connectivity index (χ3v) is 3.87. The molecular formula is C14H28N2O. The Morgan fingerprint density at radius 1 is 1.35 bits per heavy atom. The first-order valence-corrected chi connectivity index (χ1v) is 6.74. The summed E-state index contributed by atoms with van der Waals surface area (Å²) in [6.07, 6.45) is 3.74. The van der Waals surface area contributed by atoms with E-state index < -0.39 is 0 Å². The quantitative estimate of drug-likeness (QED) is 0.802. The number of carbonyl (C=O) groups is 1. The van der Waals surface area contributed by atoms with Gasteiger partial charge in [0.2, 0.25) is 5.91 Å². The lowest BCUT2D eigenvalue weighted by Gasteiger charge is -2.25. The van der Waals surface area contributed by atoms with Gasteiger partial charge in [0.05, 0.1) is 0 Å².